The van der Waals surface area contributed by atoms with Crippen LogP contribution >= 0.6 is 27.5 Å². The Labute approximate surface area is 89.4 Å². The number of rotatable bonds is 1. The summed E-state index contributed by atoms with van der Waals surface area (Å²) in [5, 5.41) is 0.384. The zero-order chi connectivity index (χ0) is 10.0. The predicted molar refractivity (Wildman–Crippen MR) is 55.5 cm³/mol. The Kier molecular flexibility index (Phi) is 3.30. The highest BCUT2D eigenvalue weighted by atomic mass is 79.9. The lowest BCUT2D eigenvalue weighted by Gasteiger charge is -2.06. The van der Waals surface area contributed by atoms with E-state index >= 15 is 0 Å². The maximum atomic E-state index is 11.2. The van der Waals surface area contributed by atoms with E-state index < -0.39 is 0 Å². The van der Waals surface area contributed by atoms with Crippen molar-refractivity contribution in [2.75, 3.05) is 0 Å². The van der Waals surface area contributed by atoms with Crippen LogP contribution in [-0.2, 0) is 0 Å². The molecule has 0 saturated carbocycles. The van der Waals surface area contributed by atoms with Gasteiger partial charge in [0.05, 0.1) is 10.6 Å². The molecular weight excluding hydrogens is 255 g/mol. The van der Waals surface area contributed by atoms with Crippen LogP contribution in [0.2, 0.25) is 5.02 Å². The third-order valence-corrected chi connectivity index (χ3v) is 2.37. The number of hydrazine groups is 1. The van der Waals surface area contributed by atoms with Crippen LogP contribution in [0.3, 0.4) is 0 Å². The number of nitrogens with two attached hydrogens (primary N) is 1. The fraction of sp³-hybridized carbons (Fsp3) is 0.125. The Morgan fingerprint density at radius 2 is 2.23 bits per heavy atom. The third kappa shape index (κ3) is 2.21. The first-order valence-corrected chi connectivity index (χ1v) is 4.70. The monoisotopic (exact) mass is 262 g/mol. The van der Waals surface area contributed by atoms with Crippen molar-refractivity contribution < 1.29 is 4.79 Å². The lowest BCUT2D eigenvalue weighted by molar-refractivity contribution is 0.0953. The van der Waals surface area contributed by atoms with E-state index in [1.807, 2.05) is 5.43 Å². The van der Waals surface area contributed by atoms with Crippen LogP contribution in [0.1, 0.15) is 15.9 Å². The summed E-state index contributed by atoms with van der Waals surface area (Å²) >= 11 is 9.13. The number of hydrogen-bond donors (Lipinski definition) is 2. The molecule has 0 radical (unpaired) electrons. The molecule has 0 aliphatic carbocycles. The van der Waals surface area contributed by atoms with E-state index in [-0.39, 0.29) is 5.91 Å². The van der Waals surface area contributed by atoms with Gasteiger partial charge < -0.3 is 0 Å². The van der Waals surface area contributed by atoms with Crippen molar-refractivity contribution in [3.05, 3.63) is 32.8 Å². The molecule has 0 unspecified atom stereocenters. The van der Waals surface area contributed by atoms with Crippen molar-refractivity contribution in [3.63, 3.8) is 0 Å². The molecule has 1 amide bonds. The summed E-state index contributed by atoms with van der Waals surface area (Å²) in [6.07, 6.45) is 0. The molecule has 3 N–H and O–H groups in total. The van der Waals surface area contributed by atoms with Gasteiger partial charge in [0, 0.05) is 4.47 Å². The number of hydrogen-bond acceptors (Lipinski definition) is 2. The highest BCUT2D eigenvalue weighted by molar-refractivity contribution is 9.10. The van der Waals surface area contributed by atoms with Crippen molar-refractivity contribution in [3.8, 4) is 0 Å². The number of carbonyl (C=O) groups excluding carboxylic acids is 1. The van der Waals surface area contributed by atoms with Gasteiger partial charge in [0.25, 0.3) is 5.91 Å². The maximum Gasteiger partial charge on any atom is 0.266 e. The molecule has 3 nitrogen and oxygen atoms in total. The van der Waals surface area contributed by atoms with Gasteiger partial charge in [-0.3, -0.25) is 10.2 Å². The maximum absolute atomic E-state index is 11.2. The second kappa shape index (κ2) is 4.09. The second-order valence-electron chi connectivity index (χ2n) is 2.55. The highest BCUT2D eigenvalue weighted by Crippen LogP contribution is 2.24. The van der Waals surface area contributed by atoms with Crippen molar-refractivity contribution in [1.29, 1.82) is 0 Å². The lowest BCUT2D eigenvalue weighted by atomic mass is 10.1. The molecule has 70 valence electrons. The van der Waals surface area contributed by atoms with E-state index in [9.17, 15) is 4.79 Å². The number of halogens is 2. The number of amides is 1. The fourth-order valence-corrected chi connectivity index (χ4v) is 2.12. The smallest absolute Gasteiger partial charge is 0.266 e. The van der Waals surface area contributed by atoms with Crippen LogP contribution < -0.4 is 11.3 Å². The lowest BCUT2D eigenvalue weighted by Crippen LogP contribution is -2.30. The molecule has 0 heterocycles. The SMILES string of the molecule is Cc1cc(Br)cc(Cl)c1C(=O)NN. The number of benzene rings is 1. The average molecular weight is 264 g/mol. The minimum atomic E-state index is -0.380. The minimum absolute atomic E-state index is 0.380. The molecule has 0 aromatic heterocycles. The first kappa shape index (κ1) is 10.5. The van der Waals surface area contributed by atoms with Crippen LogP contribution in [0.25, 0.3) is 0 Å². The molecular formula is C8H8BrClN2O. The molecule has 1 aromatic rings. The summed E-state index contributed by atoms with van der Waals surface area (Å²) in [6, 6.07) is 3.45. The summed E-state index contributed by atoms with van der Waals surface area (Å²) in [6.45, 7) is 1.79. The first-order chi connectivity index (χ1) is 6.06. The minimum Gasteiger partial charge on any atom is -0.290 e. The van der Waals surface area contributed by atoms with E-state index in [1.165, 1.54) is 0 Å². The number of nitrogens with one attached hydrogen (secondary N) is 1. The topological polar surface area (TPSA) is 55.1 Å². The van der Waals surface area contributed by atoms with Crippen molar-refractivity contribution in [1.82, 2.24) is 5.43 Å². The molecule has 13 heavy (non-hydrogen) atoms. The van der Waals surface area contributed by atoms with Crippen molar-refractivity contribution >= 4 is 33.4 Å². The zero-order valence-corrected chi connectivity index (χ0v) is 9.24. The summed E-state index contributed by atoms with van der Waals surface area (Å²) in [5.41, 5.74) is 3.23. The van der Waals surface area contributed by atoms with E-state index in [1.54, 1.807) is 19.1 Å². The van der Waals surface area contributed by atoms with Gasteiger partial charge in [0.2, 0.25) is 0 Å². The molecule has 0 atom stereocenters. The molecule has 0 aliphatic heterocycles. The summed E-state index contributed by atoms with van der Waals surface area (Å²) in [7, 11) is 0. The Morgan fingerprint density at radius 1 is 1.62 bits per heavy atom. The molecule has 1 rings (SSSR count). The van der Waals surface area contributed by atoms with Gasteiger partial charge in [-0.2, -0.15) is 0 Å². The summed E-state index contributed by atoms with van der Waals surface area (Å²) in [4.78, 5) is 11.2. The Balaban J connectivity index is 3.28. The molecule has 0 bridgehead atoms. The molecule has 0 saturated heterocycles. The van der Waals surface area contributed by atoms with Gasteiger partial charge in [0.15, 0.2) is 0 Å². The molecule has 1 aromatic carbocycles. The van der Waals surface area contributed by atoms with Gasteiger partial charge in [-0.05, 0) is 24.6 Å². The Hall–Kier alpha value is -0.580. The third-order valence-electron chi connectivity index (χ3n) is 1.61. The first-order valence-electron chi connectivity index (χ1n) is 3.53. The van der Waals surface area contributed by atoms with Gasteiger partial charge in [-0.15, -0.1) is 0 Å². The van der Waals surface area contributed by atoms with E-state index in [0.717, 1.165) is 10.0 Å². The Morgan fingerprint density at radius 3 is 2.69 bits per heavy atom. The largest absolute Gasteiger partial charge is 0.290 e. The number of carbonyl (C=O) groups is 1. The van der Waals surface area contributed by atoms with Crippen LogP contribution in [0.15, 0.2) is 16.6 Å². The number of aryl methyl sites for hydroxylation is 1. The molecule has 0 fully saturated rings. The van der Waals surface area contributed by atoms with E-state index in [0.29, 0.717) is 10.6 Å². The Bertz CT molecular complexity index is 331. The van der Waals surface area contributed by atoms with E-state index in [2.05, 4.69) is 15.9 Å². The van der Waals surface area contributed by atoms with Crippen molar-refractivity contribution in [2.45, 2.75) is 6.92 Å². The normalized spacial score (nSPS) is 9.85. The molecule has 0 aliphatic rings. The van der Waals surface area contributed by atoms with Gasteiger partial charge >= 0.3 is 0 Å². The van der Waals surface area contributed by atoms with Crippen LogP contribution in [0.4, 0.5) is 0 Å². The standard InChI is InChI=1S/C8H8BrClN2O/c1-4-2-5(9)3-6(10)7(4)8(13)12-11/h2-3H,11H2,1H3,(H,12,13). The van der Waals surface area contributed by atoms with E-state index in [4.69, 9.17) is 17.4 Å². The molecule has 5 heteroatoms. The average Bonchev–Trinajstić information content (AvgIpc) is 2.02. The number of nitrogen functional groups attached to an aromatic ring is 1. The fourth-order valence-electron chi connectivity index (χ4n) is 1.06. The van der Waals surface area contributed by atoms with Gasteiger partial charge in [0.1, 0.15) is 0 Å². The van der Waals surface area contributed by atoms with Crippen LogP contribution in [0.5, 0.6) is 0 Å². The van der Waals surface area contributed by atoms with Crippen LogP contribution in [-0.4, -0.2) is 5.91 Å². The van der Waals surface area contributed by atoms with Gasteiger partial charge in [-0.25, -0.2) is 5.84 Å². The molecule has 0 spiro atoms. The summed E-state index contributed by atoms with van der Waals surface area (Å²) < 4.78 is 0.837. The predicted octanol–water partition coefficient (Wildman–Crippen LogP) is 2.01. The van der Waals surface area contributed by atoms with Crippen LogP contribution in [0, 0.1) is 6.92 Å². The highest BCUT2D eigenvalue weighted by Gasteiger charge is 2.12. The van der Waals surface area contributed by atoms with Crippen molar-refractivity contribution in [2.24, 2.45) is 5.84 Å². The summed E-state index contributed by atoms with van der Waals surface area (Å²) in [5.74, 6) is 4.63. The van der Waals surface area contributed by atoms with Gasteiger partial charge in [-0.1, -0.05) is 27.5 Å². The quantitative estimate of drug-likeness (QED) is 0.463. The zero-order valence-electron chi connectivity index (χ0n) is 6.90. The second-order valence-corrected chi connectivity index (χ2v) is 3.88.